The lowest BCUT2D eigenvalue weighted by Crippen LogP contribution is -2.30. The van der Waals surface area contributed by atoms with Gasteiger partial charge in [0.2, 0.25) is 5.95 Å². The lowest BCUT2D eigenvalue weighted by molar-refractivity contribution is 0.606. The smallest absolute Gasteiger partial charge is 0.224 e. The molecule has 0 aliphatic heterocycles. The van der Waals surface area contributed by atoms with E-state index in [1.165, 1.54) is 0 Å². The number of aromatic nitrogens is 2. The molecule has 0 bridgehead atoms. The van der Waals surface area contributed by atoms with E-state index in [2.05, 4.69) is 63.0 Å². The van der Waals surface area contributed by atoms with Crippen molar-refractivity contribution in [2.45, 2.75) is 33.6 Å². The average Bonchev–Trinajstić information content (AvgIpc) is 2.42. The number of nitriles is 1. The van der Waals surface area contributed by atoms with E-state index in [1.54, 1.807) is 6.20 Å². The highest BCUT2D eigenvalue weighted by atomic mass is 79.9. The summed E-state index contributed by atoms with van der Waals surface area (Å²) >= 11 is 3.50. The van der Waals surface area contributed by atoms with Crippen LogP contribution in [0, 0.1) is 17.2 Å². The molecule has 110 valence electrons. The van der Waals surface area contributed by atoms with Gasteiger partial charge in [-0.1, -0.05) is 20.8 Å². The number of halogens is 1. The first-order chi connectivity index (χ1) is 9.58. The summed E-state index contributed by atoms with van der Waals surface area (Å²) in [5, 5.41) is 12.0. The van der Waals surface area contributed by atoms with E-state index < -0.39 is 0 Å². The summed E-state index contributed by atoms with van der Waals surface area (Å²) in [6, 6.07) is 2.19. The molecule has 5 nitrogen and oxygen atoms in total. The Bertz CT molecular complexity index is 455. The van der Waals surface area contributed by atoms with Crippen molar-refractivity contribution in [2.24, 2.45) is 5.92 Å². The summed E-state index contributed by atoms with van der Waals surface area (Å²) in [5.74, 6) is 1.99. The van der Waals surface area contributed by atoms with Crippen molar-refractivity contribution < 1.29 is 0 Å². The Morgan fingerprint density at radius 2 is 2.25 bits per heavy atom. The minimum Gasteiger partial charge on any atom is -0.354 e. The fraction of sp³-hybridized carbons (Fsp3) is 0.643. The Kier molecular flexibility index (Phi) is 7.31. The molecule has 0 fully saturated rings. The van der Waals surface area contributed by atoms with Crippen LogP contribution in [0.2, 0.25) is 0 Å². The normalized spacial score (nSPS) is 10.4. The van der Waals surface area contributed by atoms with Gasteiger partial charge < -0.3 is 10.2 Å². The zero-order valence-corrected chi connectivity index (χ0v) is 13.9. The molecular weight excluding hydrogens is 318 g/mol. The van der Waals surface area contributed by atoms with Crippen LogP contribution in [0.5, 0.6) is 0 Å². The van der Waals surface area contributed by atoms with E-state index in [0.29, 0.717) is 24.8 Å². The number of nitrogens with zero attached hydrogens (tertiary/aromatic N) is 4. The third-order valence-electron chi connectivity index (χ3n) is 2.64. The first-order valence-corrected chi connectivity index (χ1v) is 7.76. The first kappa shape index (κ1) is 16.7. The monoisotopic (exact) mass is 339 g/mol. The van der Waals surface area contributed by atoms with Crippen LogP contribution in [-0.4, -0.2) is 29.6 Å². The second-order valence-electron chi connectivity index (χ2n) is 5.04. The van der Waals surface area contributed by atoms with Gasteiger partial charge in [-0.3, -0.25) is 0 Å². The zero-order chi connectivity index (χ0) is 15.0. The minimum atomic E-state index is 0.487. The SMILES string of the molecule is CCCNc1ncc(Br)c(N(CCC#N)CC(C)C)n1. The van der Waals surface area contributed by atoms with Gasteiger partial charge in [0.1, 0.15) is 5.82 Å². The van der Waals surface area contributed by atoms with Gasteiger partial charge in [0, 0.05) is 25.8 Å². The number of anilines is 2. The molecule has 1 rings (SSSR count). The van der Waals surface area contributed by atoms with Crippen LogP contribution >= 0.6 is 15.9 Å². The molecule has 1 aromatic heterocycles. The van der Waals surface area contributed by atoms with E-state index in [1.807, 2.05) is 0 Å². The van der Waals surface area contributed by atoms with Crippen LogP contribution in [-0.2, 0) is 0 Å². The molecule has 0 spiro atoms. The molecule has 1 aromatic rings. The van der Waals surface area contributed by atoms with Crippen molar-refractivity contribution in [2.75, 3.05) is 29.9 Å². The molecule has 1 N–H and O–H groups in total. The van der Waals surface area contributed by atoms with E-state index in [-0.39, 0.29) is 0 Å². The standard InChI is InChI=1S/C14H22BrN5/c1-4-7-17-14-18-9-12(15)13(19-14)20(8-5-6-16)10-11(2)3/h9,11H,4-5,7-8,10H2,1-3H3,(H,17,18,19). The summed E-state index contributed by atoms with van der Waals surface area (Å²) in [4.78, 5) is 11.0. The summed E-state index contributed by atoms with van der Waals surface area (Å²) < 4.78 is 0.859. The number of rotatable bonds is 8. The Labute approximate surface area is 129 Å². The molecule has 0 unspecified atom stereocenters. The molecule has 6 heteroatoms. The molecule has 0 aliphatic carbocycles. The second kappa shape index (κ2) is 8.75. The van der Waals surface area contributed by atoms with Gasteiger partial charge in [-0.05, 0) is 28.3 Å². The third kappa shape index (κ3) is 5.33. The molecule has 0 atom stereocenters. The molecule has 0 saturated carbocycles. The lowest BCUT2D eigenvalue weighted by Gasteiger charge is -2.25. The van der Waals surface area contributed by atoms with Gasteiger partial charge in [0.15, 0.2) is 0 Å². The molecule has 0 saturated heterocycles. The van der Waals surface area contributed by atoms with Crippen molar-refractivity contribution in [3.63, 3.8) is 0 Å². The van der Waals surface area contributed by atoms with Gasteiger partial charge in [-0.25, -0.2) is 4.98 Å². The van der Waals surface area contributed by atoms with E-state index in [4.69, 9.17) is 5.26 Å². The Balaban J connectivity index is 2.94. The van der Waals surface area contributed by atoms with Crippen molar-refractivity contribution in [3.8, 4) is 6.07 Å². The highest BCUT2D eigenvalue weighted by Crippen LogP contribution is 2.25. The van der Waals surface area contributed by atoms with Crippen LogP contribution in [0.15, 0.2) is 10.7 Å². The van der Waals surface area contributed by atoms with Crippen LogP contribution in [0.4, 0.5) is 11.8 Å². The number of hydrogen-bond donors (Lipinski definition) is 1. The predicted octanol–water partition coefficient (Wildman–Crippen LogP) is 3.44. The summed E-state index contributed by atoms with van der Waals surface area (Å²) in [6.45, 7) is 8.81. The maximum Gasteiger partial charge on any atom is 0.224 e. The molecule has 0 aromatic carbocycles. The molecule has 1 heterocycles. The van der Waals surface area contributed by atoms with Crippen molar-refractivity contribution in [1.82, 2.24) is 9.97 Å². The topological polar surface area (TPSA) is 64.8 Å². The van der Waals surface area contributed by atoms with E-state index >= 15 is 0 Å². The number of nitrogens with one attached hydrogen (secondary N) is 1. The minimum absolute atomic E-state index is 0.487. The Morgan fingerprint density at radius 3 is 2.85 bits per heavy atom. The average molecular weight is 340 g/mol. The Hall–Kier alpha value is -1.35. The third-order valence-corrected chi connectivity index (χ3v) is 3.20. The maximum absolute atomic E-state index is 8.80. The maximum atomic E-state index is 8.80. The van der Waals surface area contributed by atoms with E-state index in [9.17, 15) is 0 Å². The van der Waals surface area contributed by atoms with Crippen LogP contribution in [0.1, 0.15) is 33.6 Å². The molecule has 0 aliphatic rings. The quantitative estimate of drug-likeness (QED) is 0.785. The number of hydrogen-bond acceptors (Lipinski definition) is 5. The first-order valence-electron chi connectivity index (χ1n) is 6.96. The van der Waals surface area contributed by atoms with Gasteiger partial charge in [-0.2, -0.15) is 10.2 Å². The lowest BCUT2D eigenvalue weighted by atomic mass is 10.2. The van der Waals surface area contributed by atoms with Crippen molar-refractivity contribution >= 4 is 27.7 Å². The Morgan fingerprint density at radius 1 is 1.50 bits per heavy atom. The fourth-order valence-corrected chi connectivity index (χ4v) is 2.25. The zero-order valence-electron chi connectivity index (χ0n) is 12.4. The highest BCUT2D eigenvalue weighted by Gasteiger charge is 2.14. The largest absolute Gasteiger partial charge is 0.354 e. The molecule has 0 amide bonds. The summed E-state index contributed by atoms with van der Waals surface area (Å²) in [6.07, 6.45) is 3.28. The summed E-state index contributed by atoms with van der Waals surface area (Å²) in [5.41, 5.74) is 0. The predicted molar refractivity (Wildman–Crippen MR) is 85.8 cm³/mol. The van der Waals surface area contributed by atoms with Crippen LogP contribution < -0.4 is 10.2 Å². The van der Waals surface area contributed by atoms with Crippen molar-refractivity contribution in [1.29, 1.82) is 5.26 Å². The highest BCUT2D eigenvalue weighted by molar-refractivity contribution is 9.10. The van der Waals surface area contributed by atoms with Gasteiger partial charge >= 0.3 is 0 Å². The van der Waals surface area contributed by atoms with E-state index in [0.717, 1.165) is 29.8 Å². The van der Waals surface area contributed by atoms with Gasteiger partial charge in [0.05, 0.1) is 17.0 Å². The van der Waals surface area contributed by atoms with Crippen molar-refractivity contribution in [3.05, 3.63) is 10.7 Å². The second-order valence-corrected chi connectivity index (χ2v) is 5.89. The summed E-state index contributed by atoms with van der Waals surface area (Å²) in [7, 11) is 0. The van der Waals surface area contributed by atoms with Crippen LogP contribution in [0.3, 0.4) is 0 Å². The van der Waals surface area contributed by atoms with Crippen LogP contribution in [0.25, 0.3) is 0 Å². The van der Waals surface area contributed by atoms with Gasteiger partial charge in [-0.15, -0.1) is 0 Å². The molecular formula is C14H22BrN5. The molecule has 0 radical (unpaired) electrons. The molecule has 20 heavy (non-hydrogen) atoms. The van der Waals surface area contributed by atoms with Gasteiger partial charge in [0.25, 0.3) is 0 Å². The fourth-order valence-electron chi connectivity index (χ4n) is 1.81.